The van der Waals surface area contributed by atoms with E-state index in [4.69, 9.17) is 16.7 Å². The van der Waals surface area contributed by atoms with Crippen LogP contribution in [-0.2, 0) is 6.54 Å². The number of hydrogen-bond acceptors (Lipinski definition) is 5. The average Bonchev–Trinajstić information content (AvgIpc) is 3.13. The SMILES string of the molecule is O=c1c2cnc(C3CCNCC3)n2nc2n1CCC(c1ccc(Cl)cc1)N2. The molecule has 2 aliphatic heterocycles. The van der Waals surface area contributed by atoms with Crippen LogP contribution in [-0.4, -0.2) is 32.3 Å². The Kier molecular flexibility index (Phi) is 4.13. The molecule has 4 heterocycles. The predicted molar refractivity (Wildman–Crippen MR) is 105 cm³/mol. The second-order valence-electron chi connectivity index (χ2n) is 7.26. The highest BCUT2D eigenvalue weighted by Crippen LogP contribution is 2.29. The van der Waals surface area contributed by atoms with Gasteiger partial charge in [0.15, 0.2) is 5.52 Å². The lowest BCUT2D eigenvalue weighted by Gasteiger charge is -2.28. The van der Waals surface area contributed by atoms with Gasteiger partial charge in [-0.15, -0.1) is 5.10 Å². The summed E-state index contributed by atoms with van der Waals surface area (Å²) in [5, 5.41) is 12.3. The summed E-state index contributed by atoms with van der Waals surface area (Å²) in [6.07, 6.45) is 4.52. The van der Waals surface area contributed by atoms with Crippen molar-refractivity contribution in [1.29, 1.82) is 0 Å². The lowest BCUT2D eigenvalue weighted by molar-refractivity contribution is 0.437. The van der Waals surface area contributed by atoms with Gasteiger partial charge in [-0.3, -0.25) is 9.36 Å². The van der Waals surface area contributed by atoms with Crippen molar-refractivity contribution in [3.8, 4) is 0 Å². The van der Waals surface area contributed by atoms with Crippen molar-refractivity contribution in [3.05, 3.63) is 57.2 Å². The van der Waals surface area contributed by atoms with Crippen molar-refractivity contribution in [2.75, 3.05) is 18.4 Å². The summed E-state index contributed by atoms with van der Waals surface area (Å²) in [5.74, 6) is 1.83. The van der Waals surface area contributed by atoms with Crippen molar-refractivity contribution >= 4 is 23.1 Å². The molecule has 0 saturated carbocycles. The maximum absolute atomic E-state index is 12.9. The molecule has 2 aliphatic rings. The first-order valence-corrected chi connectivity index (χ1v) is 9.80. The molecule has 0 radical (unpaired) electrons. The van der Waals surface area contributed by atoms with E-state index in [2.05, 4.69) is 15.6 Å². The van der Waals surface area contributed by atoms with Crippen LogP contribution in [0.4, 0.5) is 5.95 Å². The van der Waals surface area contributed by atoms with Crippen molar-refractivity contribution in [2.45, 2.75) is 37.8 Å². The van der Waals surface area contributed by atoms with Gasteiger partial charge in [0.1, 0.15) is 5.82 Å². The molecule has 1 atom stereocenters. The van der Waals surface area contributed by atoms with E-state index in [9.17, 15) is 4.79 Å². The summed E-state index contributed by atoms with van der Waals surface area (Å²) in [6, 6.07) is 7.93. The molecular weight excluding hydrogens is 364 g/mol. The van der Waals surface area contributed by atoms with Gasteiger partial charge in [0.25, 0.3) is 5.56 Å². The van der Waals surface area contributed by atoms with Gasteiger partial charge >= 0.3 is 0 Å². The predicted octanol–water partition coefficient (Wildman–Crippen LogP) is 2.57. The maximum Gasteiger partial charge on any atom is 0.280 e. The fraction of sp³-hybridized carbons (Fsp3) is 0.421. The number of nitrogens with one attached hydrogen (secondary N) is 2. The maximum atomic E-state index is 12.9. The number of anilines is 1. The Morgan fingerprint density at radius 3 is 2.67 bits per heavy atom. The van der Waals surface area contributed by atoms with E-state index < -0.39 is 0 Å². The van der Waals surface area contributed by atoms with Crippen LogP contribution in [0.2, 0.25) is 5.02 Å². The van der Waals surface area contributed by atoms with Crippen LogP contribution in [0.15, 0.2) is 35.3 Å². The Balaban J connectivity index is 1.54. The highest BCUT2D eigenvalue weighted by atomic mass is 35.5. The van der Waals surface area contributed by atoms with E-state index >= 15 is 0 Å². The van der Waals surface area contributed by atoms with Gasteiger partial charge in [-0.1, -0.05) is 23.7 Å². The molecule has 2 aromatic heterocycles. The molecule has 0 aliphatic carbocycles. The molecule has 0 bridgehead atoms. The van der Waals surface area contributed by atoms with Crippen LogP contribution in [0.25, 0.3) is 5.52 Å². The van der Waals surface area contributed by atoms with Gasteiger partial charge in [-0.2, -0.15) is 0 Å². The van der Waals surface area contributed by atoms with Crippen molar-refractivity contribution in [1.82, 2.24) is 24.5 Å². The quantitative estimate of drug-likeness (QED) is 0.710. The number of aromatic nitrogens is 4. The first kappa shape index (κ1) is 16.8. The molecule has 8 heteroatoms. The number of imidazole rings is 1. The van der Waals surface area contributed by atoms with Gasteiger partial charge in [0.05, 0.1) is 12.2 Å². The summed E-state index contributed by atoms with van der Waals surface area (Å²) in [6.45, 7) is 2.58. The summed E-state index contributed by atoms with van der Waals surface area (Å²) < 4.78 is 3.47. The van der Waals surface area contributed by atoms with Gasteiger partial charge in [0.2, 0.25) is 5.95 Å². The Hall–Kier alpha value is -2.38. The summed E-state index contributed by atoms with van der Waals surface area (Å²) >= 11 is 6.00. The molecule has 1 unspecified atom stereocenters. The van der Waals surface area contributed by atoms with E-state index in [1.807, 2.05) is 24.3 Å². The molecular formula is C19H21ClN6O. The van der Waals surface area contributed by atoms with Crippen molar-refractivity contribution < 1.29 is 0 Å². The van der Waals surface area contributed by atoms with E-state index in [0.29, 0.717) is 23.9 Å². The van der Waals surface area contributed by atoms with E-state index in [1.54, 1.807) is 15.3 Å². The zero-order valence-electron chi connectivity index (χ0n) is 14.9. The number of benzene rings is 1. The zero-order valence-corrected chi connectivity index (χ0v) is 15.6. The Morgan fingerprint density at radius 2 is 1.89 bits per heavy atom. The molecule has 3 aromatic rings. The van der Waals surface area contributed by atoms with Crippen molar-refractivity contribution in [2.24, 2.45) is 0 Å². The average molecular weight is 385 g/mol. The monoisotopic (exact) mass is 384 g/mol. The molecule has 7 nitrogen and oxygen atoms in total. The molecule has 140 valence electrons. The Labute approximate surface area is 161 Å². The van der Waals surface area contributed by atoms with Gasteiger partial charge < -0.3 is 10.6 Å². The molecule has 0 spiro atoms. The zero-order chi connectivity index (χ0) is 18.4. The highest BCUT2D eigenvalue weighted by molar-refractivity contribution is 6.30. The fourth-order valence-electron chi connectivity index (χ4n) is 4.10. The van der Waals surface area contributed by atoms with Crippen LogP contribution in [0, 0.1) is 0 Å². The number of piperidine rings is 1. The van der Waals surface area contributed by atoms with E-state index in [0.717, 1.165) is 48.8 Å². The summed E-state index contributed by atoms with van der Waals surface area (Å²) in [7, 11) is 0. The molecule has 1 aromatic carbocycles. The second kappa shape index (κ2) is 6.65. The first-order chi connectivity index (χ1) is 13.2. The molecule has 5 rings (SSSR count). The standard InChI is InChI=1S/C19H21ClN6O/c20-14-3-1-12(2-4-14)15-7-10-25-18(27)16-11-22-17(13-5-8-21-9-6-13)26(16)24-19(25)23-15/h1-4,11,13,15,21H,5-10H2,(H,23,24). The van der Waals surface area contributed by atoms with Crippen LogP contribution in [0.1, 0.15) is 42.6 Å². The number of rotatable bonds is 2. The molecule has 2 N–H and O–H groups in total. The molecule has 27 heavy (non-hydrogen) atoms. The van der Waals surface area contributed by atoms with Crippen LogP contribution in [0.3, 0.4) is 0 Å². The lowest BCUT2D eigenvalue weighted by atomic mass is 9.97. The number of fused-ring (bicyclic) bond motifs is 2. The topological polar surface area (TPSA) is 76.2 Å². The molecule has 0 amide bonds. The van der Waals surface area contributed by atoms with Gasteiger partial charge in [0, 0.05) is 17.5 Å². The van der Waals surface area contributed by atoms with Gasteiger partial charge in [-0.25, -0.2) is 9.50 Å². The second-order valence-corrected chi connectivity index (χ2v) is 7.69. The minimum Gasteiger partial charge on any atom is -0.347 e. The lowest BCUT2D eigenvalue weighted by Crippen LogP contribution is -2.34. The molecule has 1 fully saturated rings. The number of nitrogens with zero attached hydrogens (tertiary/aromatic N) is 4. The minimum atomic E-state index is -0.0326. The van der Waals surface area contributed by atoms with E-state index in [1.165, 1.54) is 0 Å². The van der Waals surface area contributed by atoms with Crippen LogP contribution < -0.4 is 16.2 Å². The fourth-order valence-corrected chi connectivity index (χ4v) is 4.22. The third-order valence-corrected chi connectivity index (χ3v) is 5.85. The van der Waals surface area contributed by atoms with Crippen LogP contribution in [0.5, 0.6) is 0 Å². The largest absolute Gasteiger partial charge is 0.347 e. The Morgan fingerprint density at radius 1 is 1.11 bits per heavy atom. The smallest absolute Gasteiger partial charge is 0.280 e. The number of hydrogen-bond donors (Lipinski definition) is 2. The number of halogens is 1. The Bertz CT molecular complexity index is 1030. The van der Waals surface area contributed by atoms with Gasteiger partial charge in [-0.05, 0) is 50.0 Å². The normalized spacial score (nSPS) is 20.4. The summed E-state index contributed by atoms with van der Waals surface area (Å²) in [4.78, 5) is 17.5. The van der Waals surface area contributed by atoms with Crippen molar-refractivity contribution in [3.63, 3.8) is 0 Å². The first-order valence-electron chi connectivity index (χ1n) is 9.42. The third-order valence-electron chi connectivity index (χ3n) is 5.60. The molecule has 1 saturated heterocycles. The minimum absolute atomic E-state index is 0.0326. The summed E-state index contributed by atoms with van der Waals surface area (Å²) in [5.41, 5.74) is 1.66. The van der Waals surface area contributed by atoms with Crippen LogP contribution >= 0.6 is 11.6 Å². The highest BCUT2D eigenvalue weighted by Gasteiger charge is 2.26. The van der Waals surface area contributed by atoms with E-state index in [-0.39, 0.29) is 11.6 Å². The third kappa shape index (κ3) is 2.91.